The van der Waals surface area contributed by atoms with Gasteiger partial charge in [0.1, 0.15) is 5.82 Å². The van der Waals surface area contributed by atoms with Crippen LogP contribution in [0.25, 0.3) is 10.9 Å². The van der Waals surface area contributed by atoms with Crippen LogP contribution in [0, 0.1) is 18.7 Å². The molecule has 4 rings (SSSR count). The van der Waals surface area contributed by atoms with Crippen LogP contribution in [0.4, 0.5) is 21.7 Å². The fourth-order valence-corrected chi connectivity index (χ4v) is 3.82. The molecule has 3 aromatic rings. The first kappa shape index (κ1) is 21.0. The lowest BCUT2D eigenvalue weighted by atomic mass is 10.0. The number of anilines is 3. The van der Waals surface area contributed by atoms with Crippen LogP contribution in [0.1, 0.15) is 42.2 Å². The van der Waals surface area contributed by atoms with Crippen LogP contribution < -0.4 is 22.1 Å². The van der Waals surface area contributed by atoms with Gasteiger partial charge >= 0.3 is 0 Å². The van der Waals surface area contributed by atoms with Gasteiger partial charge in [0.2, 0.25) is 0 Å². The summed E-state index contributed by atoms with van der Waals surface area (Å²) in [5.41, 5.74) is 14.1. The van der Waals surface area contributed by atoms with Crippen molar-refractivity contribution in [1.82, 2.24) is 14.8 Å². The molecule has 0 bridgehead atoms. The van der Waals surface area contributed by atoms with Gasteiger partial charge in [-0.15, -0.1) is 0 Å². The summed E-state index contributed by atoms with van der Waals surface area (Å²) in [6, 6.07) is 6.52. The summed E-state index contributed by atoms with van der Waals surface area (Å²) in [6.07, 6.45) is 3.20. The first-order valence-electron chi connectivity index (χ1n) is 10.5. The summed E-state index contributed by atoms with van der Waals surface area (Å²) in [4.78, 5) is 16.3. The van der Waals surface area contributed by atoms with Gasteiger partial charge in [0.25, 0.3) is 5.91 Å². The number of carbonyl (C=O) groups excluding carboxylic acids is 1. The Morgan fingerprint density at radius 2 is 2.06 bits per heavy atom. The van der Waals surface area contributed by atoms with E-state index >= 15 is 0 Å². The minimum Gasteiger partial charge on any atom is -0.365 e. The van der Waals surface area contributed by atoms with Crippen molar-refractivity contribution < 1.29 is 9.18 Å². The Bertz CT molecular complexity index is 1140. The Hall–Kier alpha value is -3.20. The number of nitrogens with two attached hydrogens (primary N) is 2. The summed E-state index contributed by atoms with van der Waals surface area (Å²) in [5.74, 6) is -0.557. The van der Waals surface area contributed by atoms with Crippen LogP contribution in [-0.2, 0) is 7.05 Å². The van der Waals surface area contributed by atoms with Gasteiger partial charge in [-0.2, -0.15) is 5.10 Å². The van der Waals surface area contributed by atoms with E-state index in [0.29, 0.717) is 11.6 Å². The number of amides is 1. The Kier molecular flexibility index (Phi) is 5.53. The second-order valence-electron chi connectivity index (χ2n) is 8.43. The highest BCUT2D eigenvalue weighted by molar-refractivity contribution is 5.99. The molecule has 2 atom stereocenters. The summed E-state index contributed by atoms with van der Waals surface area (Å²) in [5, 5.41) is 11.7. The van der Waals surface area contributed by atoms with E-state index in [1.807, 2.05) is 39.1 Å². The average Bonchev–Trinajstić information content (AvgIpc) is 3.48. The van der Waals surface area contributed by atoms with E-state index < -0.39 is 11.7 Å². The molecule has 1 aliphatic carbocycles. The number of nitrogens with one attached hydrogen (secondary N) is 2. The molecule has 1 fully saturated rings. The number of hydrogen-bond donors (Lipinski definition) is 4. The number of hydrogen-bond acceptors (Lipinski definition) is 6. The monoisotopic (exact) mass is 425 g/mol. The lowest BCUT2D eigenvalue weighted by Gasteiger charge is -2.24. The number of aromatic nitrogens is 3. The van der Waals surface area contributed by atoms with Crippen molar-refractivity contribution in [1.29, 1.82) is 0 Å². The predicted molar refractivity (Wildman–Crippen MR) is 120 cm³/mol. The van der Waals surface area contributed by atoms with E-state index in [1.165, 1.54) is 12.8 Å². The summed E-state index contributed by atoms with van der Waals surface area (Å²) in [6.45, 7) is 3.83. The molecule has 0 radical (unpaired) electrons. The van der Waals surface area contributed by atoms with Crippen molar-refractivity contribution in [3.8, 4) is 0 Å². The topological polar surface area (TPSA) is 124 Å². The van der Waals surface area contributed by atoms with E-state index in [4.69, 9.17) is 11.5 Å². The molecule has 164 valence electrons. The van der Waals surface area contributed by atoms with Crippen LogP contribution in [0.2, 0.25) is 0 Å². The summed E-state index contributed by atoms with van der Waals surface area (Å²) >= 11 is 0. The predicted octanol–water partition coefficient (Wildman–Crippen LogP) is 3.19. The van der Waals surface area contributed by atoms with Gasteiger partial charge in [-0.3, -0.25) is 9.48 Å². The Labute approximate surface area is 180 Å². The van der Waals surface area contributed by atoms with Gasteiger partial charge in [0.15, 0.2) is 11.6 Å². The second-order valence-corrected chi connectivity index (χ2v) is 8.43. The van der Waals surface area contributed by atoms with E-state index in [2.05, 4.69) is 20.7 Å². The number of fused-ring (bicyclic) bond motifs is 1. The first-order chi connectivity index (χ1) is 14.7. The molecule has 2 unspecified atom stereocenters. The maximum absolute atomic E-state index is 14.8. The highest BCUT2D eigenvalue weighted by atomic mass is 19.1. The molecule has 2 aromatic heterocycles. The number of pyridine rings is 1. The van der Waals surface area contributed by atoms with Gasteiger partial charge in [-0.25, -0.2) is 9.37 Å². The van der Waals surface area contributed by atoms with Crippen molar-refractivity contribution in [3.63, 3.8) is 0 Å². The van der Waals surface area contributed by atoms with Gasteiger partial charge in [-0.05, 0) is 50.5 Å². The molecule has 1 amide bonds. The molecule has 0 spiro atoms. The Morgan fingerprint density at radius 1 is 1.32 bits per heavy atom. The summed E-state index contributed by atoms with van der Waals surface area (Å²) < 4.78 is 16.5. The van der Waals surface area contributed by atoms with E-state index in [0.717, 1.165) is 29.1 Å². The number of aryl methyl sites for hydroxylation is 2. The molecule has 0 aliphatic heterocycles. The number of rotatable bonds is 8. The molecule has 31 heavy (non-hydrogen) atoms. The maximum atomic E-state index is 14.8. The zero-order valence-electron chi connectivity index (χ0n) is 17.9. The molecule has 1 aromatic carbocycles. The fourth-order valence-electron chi connectivity index (χ4n) is 3.82. The number of halogens is 1. The normalized spacial score (nSPS) is 15.6. The lowest BCUT2D eigenvalue weighted by Crippen LogP contribution is -2.39. The number of primary amides is 1. The van der Waals surface area contributed by atoms with Crippen LogP contribution in [0.5, 0.6) is 0 Å². The molecule has 0 saturated heterocycles. The smallest absolute Gasteiger partial charge is 0.252 e. The van der Waals surface area contributed by atoms with E-state index in [9.17, 15) is 9.18 Å². The molecular weight excluding hydrogens is 397 g/mol. The number of carbonyl (C=O) groups is 1. The minimum absolute atomic E-state index is 0.0242. The highest BCUT2D eigenvalue weighted by Gasteiger charge is 2.28. The van der Waals surface area contributed by atoms with Crippen molar-refractivity contribution in [2.75, 3.05) is 10.6 Å². The average molecular weight is 426 g/mol. The Balaban J connectivity index is 1.67. The van der Waals surface area contributed by atoms with Crippen molar-refractivity contribution in [2.45, 2.75) is 45.2 Å². The largest absolute Gasteiger partial charge is 0.365 e. The first-order valence-corrected chi connectivity index (χ1v) is 10.5. The van der Waals surface area contributed by atoms with Gasteiger partial charge in [-0.1, -0.05) is 12.8 Å². The fraction of sp³-hybridized carbons (Fsp3) is 0.409. The van der Waals surface area contributed by atoms with Crippen LogP contribution in [-0.4, -0.2) is 32.8 Å². The third kappa shape index (κ3) is 4.46. The molecule has 2 heterocycles. The van der Waals surface area contributed by atoms with Gasteiger partial charge in [0.05, 0.1) is 16.8 Å². The van der Waals surface area contributed by atoms with Crippen LogP contribution in [0.15, 0.2) is 24.3 Å². The quantitative estimate of drug-likeness (QED) is 0.439. The molecular formula is C22H28FN7O. The standard InChI is InChI=1S/C22H28FN7O/c1-11(24)18(8-13-4-5-13)27-22-17(23)10-16(20(25)31)21(28-22)26-14-6-7-15-12(2)29-30(3)19(15)9-14/h6-7,9-11,13,18H,4-5,8,24H2,1-3H3,(H2,25,31)(H2,26,27,28). The molecule has 1 aliphatic rings. The molecule has 6 N–H and O–H groups in total. The van der Waals surface area contributed by atoms with Gasteiger partial charge < -0.3 is 22.1 Å². The minimum atomic E-state index is -0.764. The van der Waals surface area contributed by atoms with Crippen molar-refractivity contribution in [2.24, 2.45) is 24.4 Å². The zero-order valence-corrected chi connectivity index (χ0v) is 17.9. The van der Waals surface area contributed by atoms with Gasteiger partial charge in [0, 0.05) is 30.2 Å². The lowest BCUT2D eigenvalue weighted by molar-refractivity contribution is 0.100. The SMILES string of the molecule is Cc1nn(C)c2cc(Nc3nc(NC(CC4CC4)C(C)N)c(F)cc3C(N)=O)ccc12. The molecule has 1 saturated carbocycles. The van der Waals surface area contributed by atoms with Crippen LogP contribution >= 0.6 is 0 Å². The van der Waals surface area contributed by atoms with E-state index in [-0.39, 0.29) is 29.3 Å². The number of benzene rings is 1. The second kappa shape index (κ2) is 8.14. The highest BCUT2D eigenvalue weighted by Crippen LogP contribution is 2.35. The zero-order chi connectivity index (χ0) is 22.3. The van der Waals surface area contributed by atoms with Crippen LogP contribution in [0.3, 0.4) is 0 Å². The van der Waals surface area contributed by atoms with E-state index in [1.54, 1.807) is 4.68 Å². The molecule has 9 heteroatoms. The number of nitrogens with zero attached hydrogens (tertiary/aromatic N) is 3. The summed E-state index contributed by atoms with van der Waals surface area (Å²) in [7, 11) is 1.86. The molecule has 8 nitrogen and oxygen atoms in total. The van der Waals surface area contributed by atoms with Crippen molar-refractivity contribution >= 4 is 34.1 Å². The Morgan fingerprint density at radius 3 is 2.71 bits per heavy atom. The third-order valence-electron chi connectivity index (χ3n) is 5.78. The third-order valence-corrected chi connectivity index (χ3v) is 5.78. The maximum Gasteiger partial charge on any atom is 0.252 e. The van der Waals surface area contributed by atoms with Crippen molar-refractivity contribution in [3.05, 3.63) is 41.3 Å².